The second-order valence-electron chi connectivity index (χ2n) is 9.66. The Kier molecular flexibility index (Phi) is 3.40. The third-order valence-corrected chi connectivity index (χ3v) is 6.79. The third kappa shape index (κ3) is 2.48. The smallest absolute Gasteiger partial charge is 0.228 e. The predicted octanol–water partition coefficient (Wildman–Crippen LogP) is 4.78. The van der Waals surface area contributed by atoms with Gasteiger partial charge in [-0.3, -0.25) is 4.79 Å². The summed E-state index contributed by atoms with van der Waals surface area (Å²) in [5.74, 6) is 0.718. The van der Waals surface area contributed by atoms with E-state index in [9.17, 15) is 9.18 Å². The van der Waals surface area contributed by atoms with Gasteiger partial charge in [-0.1, -0.05) is 32.0 Å². The minimum absolute atomic E-state index is 0.205. The van der Waals surface area contributed by atoms with E-state index in [1.807, 2.05) is 13.1 Å². The predicted molar refractivity (Wildman–Crippen MR) is 92.7 cm³/mol. The van der Waals surface area contributed by atoms with Crippen LogP contribution in [0, 0.1) is 28.0 Å². The molecular formula is C21H28FNO. The summed E-state index contributed by atoms with van der Waals surface area (Å²) in [5.41, 5.74) is 1.05. The van der Waals surface area contributed by atoms with Gasteiger partial charge in [-0.15, -0.1) is 0 Å². The normalized spacial score (nSPS) is 39.9. The van der Waals surface area contributed by atoms with Gasteiger partial charge in [-0.2, -0.15) is 0 Å². The van der Waals surface area contributed by atoms with Gasteiger partial charge >= 0.3 is 0 Å². The van der Waals surface area contributed by atoms with E-state index in [0.29, 0.717) is 28.9 Å². The van der Waals surface area contributed by atoms with E-state index >= 15 is 0 Å². The minimum Gasteiger partial charge on any atom is -0.341 e. The van der Waals surface area contributed by atoms with Crippen molar-refractivity contribution in [1.29, 1.82) is 0 Å². The Balaban J connectivity index is 1.59. The highest BCUT2D eigenvalue weighted by Crippen LogP contribution is 2.69. The van der Waals surface area contributed by atoms with Crippen molar-refractivity contribution in [2.24, 2.45) is 22.2 Å². The van der Waals surface area contributed by atoms with Crippen molar-refractivity contribution in [3.05, 3.63) is 35.6 Å². The van der Waals surface area contributed by atoms with Crippen molar-refractivity contribution in [1.82, 2.24) is 4.90 Å². The van der Waals surface area contributed by atoms with Crippen molar-refractivity contribution in [3.63, 3.8) is 0 Å². The molecule has 4 aliphatic rings. The van der Waals surface area contributed by atoms with Crippen molar-refractivity contribution >= 4 is 5.91 Å². The highest BCUT2D eigenvalue weighted by molar-refractivity contribution is 5.83. The van der Waals surface area contributed by atoms with Gasteiger partial charge in [-0.25, -0.2) is 4.39 Å². The Hall–Kier alpha value is -1.38. The topological polar surface area (TPSA) is 20.3 Å². The number of rotatable bonds is 3. The van der Waals surface area contributed by atoms with Gasteiger partial charge in [0.2, 0.25) is 5.91 Å². The molecule has 0 aromatic heterocycles. The Bertz CT molecular complexity index is 666. The average molecular weight is 329 g/mol. The van der Waals surface area contributed by atoms with Gasteiger partial charge in [-0.05, 0) is 61.3 Å². The number of hydrogen-bond donors (Lipinski definition) is 0. The van der Waals surface area contributed by atoms with E-state index in [2.05, 4.69) is 13.8 Å². The Labute approximate surface area is 144 Å². The monoisotopic (exact) mass is 329 g/mol. The number of amides is 1. The molecule has 4 saturated carbocycles. The third-order valence-electron chi connectivity index (χ3n) is 6.79. The summed E-state index contributed by atoms with van der Waals surface area (Å²) in [6.45, 7) is 5.13. The van der Waals surface area contributed by atoms with Crippen LogP contribution in [0.5, 0.6) is 0 Å². The molecule has 4 aliphatic carbocycles. The first kappa shape index (κ1) is 16.1. The van der Waals surface area contributed by atoms with Gasteiger partial charge in [0.15, 0.2) is 0 Å². The molecule has 1 aromatic carbocycles. The summed E-state index contributed by atoms with van der Waals surface area (Å²) < 4.78 is 14.0. The molecule has 0 saturated heterocycles. The zero-order valence-corrected chi connectivity index (χ0v) is 15.1. The summed E-state index contributed by atoms with van der Waals surface area (Å²) in [6.07, 6.45) is 6.92. The molecule has 0 heterocycles. The molecule has 0 spiro atoms. The van der Waals surface area contributed by atoms with Crippen LogP contribution >= 0.6 is 0 Å². The minimum atomic E-state index is -0.221. The molecule has 24 heavy (non-hydrogen) atoms. The molecule has 130 valence electrons. The molecule has 0 aliphatic heterocycles. The van der Waals surface area contributed by atoms with E-state index in [4.69, 9.17) is 0 Å². The lowest BCUT2D eigenvalue weighted by Gasteiger charge is -2.65. The number of carbonyl (C=O) groups excluding carboxylic acids is 1. The first-order valence-electron chi connectivity index (χ1n) is 9.22. The van der Waals surface area contributed by atoms with Crippen LogP contribution < -0.4 is 0 Å². The molecule has 4 fully saturated rings. The molecule has 2 atom stereocenters. The number of hydrogen-bond acceptors (Lipinski definition) is 1. The highest BCUT2D eigenvalue weighted by Gasteiger charge is 2.63. The van der Waals surface area contributed by atoms with Gasteiger partial charge < -0.3 is 4.90 Å². The maximum absolute atomic E-state index is 14.0. The van der Waals surface area contributed by atoms with E-state index < -0.39 is 0 Å². The number of carbonyl (C=O) groups is 1. The van der Waals surface area contributed by atoms with Crippen LogP contribution in [0.1, 0.15) is 57.9 Å². The van der Waals surface area contributed by atoms with E-state index in [0.717, 1.165) is 19.3 Å². The first-order chi connectivity index (χ1) is 11.2. The maximum atomic E-state index is 14.0. The zero-order valence-electron chi connectivity index (χ0n) is 15.1. The van der Waals surface area contributed by atoms with Crippen molar-refractivity contribution < 1.29 is 9.18 Å². The quantitative estimate of drug-likeness (QED) is 0.781. The average Bonchev–Trinajstić information content (AvgIpc) is 2.45. The van der Waals surface area contributed by atoms with Gasteiger partial charge in [0.05, 0.1) is 5.41 Å². The highest BCUT2D eigenvalue weighted by atomic mass is 19.1. The molecule has 3 heteroatoms. The lowest BCUT2D eigenvalue weighted by atomic mass is 9.40. The van der Waals surface area contributed by atoms with Crippen LogP contribution in [-0.2, 0) is 11.3 Å². The summed E-state index contributed by atoms with van der Waals surface area (Å²) in [7, 11) is 1.85. The molecule has 2 unspecified atom stereocenters. The van der Waals surface area contributed by atoms with Crippen LogP contribution in [0.3, 0.4) is 0 Å². The van der Waals surface area contributed by atoms with Crippen molar-refractivity contribution in [3.8, 4) is 0 Å². The molecule has 2 nitrogen and oxygen atoms in total. The van der Waals surface area contributed by atoms with Crippen LogP contribution in [0.15, 0.2) is 24.3 Å². The summed E-state index contributed by atoms with van der Waals surface area (Å²) in [4.78, 5) is 15.2. The number of nitrogens with zero attached hydrogens (tertiary/aromatic N) is 1. The van der Waals surface area contributed by atoms with Gasteiger partial charge in [0.1, 0.15) is 5.82 Å². The fourth-order valence-electron chi connectivity index (χ4n) is 7.05. The Morgan fingerprint density at radius 3 is 2.33 bits per heavy atom. The van der Waals surface area contributed by atoms with E-state index in [1.165, 1.54) is 25.3 Å². The number of halogens is 1. The molecule has 0 radical (unpaired) electrons. The number of benzene rings is 1. The van der Waals surface area contributed by atoms with Crippen LogP contribution in [-0.4, -0.2) is 17.9 Å². The molecule has 1 aromatic rings. The zero-order chi connectivity index (χ0) is 17.2. The maximum Gasteiger partial charge on any atom is 0.228 e. The molecular weight excluding hydrogens is 301 g/mol. The Morgan fingerprint density at radius 1 is 1.12 bits per heavy atom. The van der Waals surface area contributed by atoms with Crippen LogP contribution in [0.4, 0.5) is 4.39 Å². The lowest BCUT2D eigenvalue weighted by Crippen LogP contribution is -2.59. The first-order valence-corrected chi connectivity index (χ1v) is 9.22. The van der Waals surface area contributed by atoms with Crippen LogP contribution in [0.2, 0.25) is 0 Å². The fraction of sp³-hybridized carbons (Fsp3) is 0.667. The second kappa shape index (κ2) is 5.06. The SMILES string of the molecule is CN(Cc1ccccc1F)C(=O)C12CC3CC(C)(CC(C)(C3)C1)C2. The molecule has 0 N–H and O–H groups in total. The van der Waals surface area contributed by atoms with E-state index in [-0.39, 0.29) is 17.1 Å². The standard InChI is InChI=1S/C21H28FNO/c1-19-8-15-9-20(2,12-19)14-21(10-15,13-19)18(24)23(3)11-16-6-4-5-7-17(16)22/h4-7,15H,8-14H2,1-3H3. The van der Waals surface area contributed by atoms with Crippen molar-refractivity contribution in [2.45, 2.75) is 58.9 Å². The summed E-state index contributed by atoms with van der Waals surface area (Å²) in [6, 6.07) is 6.78. The molecule has 1 amide bonds. The largest absolute Gasteiger partial charge is 0.341 e. The second-order valence-corrected chi connectivity index (χ2v) is 9.66. The molecule has 4 bridgehead atoms. The summed E-state index contributed by atoms with van der Waals surface area (Å²) >= 11 is 0. The fourth-order valence-corrected chi connectivity index (χ4v) is 7.05. The van der Waals surface area contributed by atoms with Gasteiger partial charge in [0.25, 0.3) is 0 Å². The van der Waals surface area contributed by atoms with Gasteiger partial charge in [0, 0.05) is 19.2 Å². The van der Waals surface area contributed by atoms with Crippen molar-refractivity contribution in [2.75, 3.05) is 7.05 Å². The Morgan fingerprint density at radius 2 is 1.75 bits per heavy atom. The van der Waals surface area contributed by atoms with Crippen LogP contribution in [0.25, 0.3) is 0 Å². The summed E-state index contributed by atoms with van der Waals surface area (Å²) in [5, 5.41) is 0. The molecule has 5 rings (SSSR count). The van der Waals surface area contributed by atoms with E-state index in [1.54, 1.807) is 17.0 Å². The lowest BCUT2D eigenvalue weighted by molar-refractivity contribution is -0.178.